The van der Waals surface area contributed by atoms with Gasteiger partial charge in [0.05, 0.1) is 27.2 Å². The smallest absolute Gasteiger partial charge is 0.444 e. The molecule has 40 heavy (non-hydrogen) atoms. The van der Waals surface area contributed by atoms with Gasteiger partial charge in [-0.05, 0) is 19.8 Å². The number of nitrogens with one attached hydrogen (secondary N) is 1. The predicted molar refractivity (Wildman–Crippen MR) is 158 cm³/mol. The van der Waals surface area contributed by atoms with Gasteiger partial charge in [0, 0.05) is 13.2 Å². The van der Waals surface area contributed by atoms with Crippen molar-refractivity contribution < 1.29 is 38.3 Å². The van der Waals surface area contributed by atoms with E-state index in [1.807, 2.05) is 6.92 Å². The van der Waals surface area contributed by atoms with Crippen molar-refractivity contribution in [1.82, 2.24) is 10.4 Å². The second-order valence-electron chi connectivity index (χ2n) is 11.9. The summed E-state index contributed by atoms with van der Waals surface area (Å²) in [7, 11) is 6.83. The molecule has 0 aromatic carbocycles. The average Bonchev–Trinajstić information content (AvgIpc) is 2.90. The van der Waals surface area contributed by atoms with Gasteiger partial charge in [-0.3, -0.25) is 0 Å². The average molecular weight is 575 g/mol. The summed E-state index contributed by atoms with van der Waals surface area (Å²) in [4.78, 5) is 42.8. The van der Waals surface area contributed by atoms with E-state index < -0.39 is 30.3 Å². The first-order valence-electron chi connectivity index (χ1n) is 15.5. The Hall–Kier alpha value is -2.07. The number of hydroxylamine groups is 2. The Morgan fingerprint density at radius 3 is 1.77 bits per heavy atom. The summed E-state index contributed by atoms with van der Waals surface area (Å²) >= 11 is 0. The molecule has 0 saturated carbocycles. The van der Waals surface area contributed by atoms with E-state index in [1.54, 1.807) is 28.1 Å². The topological polar surface area (TPSA) is 114 Å². The molecule has 0 aliphatic carbocycles. The van der Waals surface area contributed by atoms with E-state index in [0.717, 1.165) is 19.3 Å². The maximum Gasteiger partial charge on any atom is 0.444 e. The first kappa shape index (κ1) is 37.9. The van der Waals surface area contributed by atoms with E-state index in [1.165, 1.54) is 77.7 Å². The lowest BCUT2D eigenvalue weighted by molar-refractivity contribution is -0.871. The number of aliphatic carboxylic acids is 1. The minimum absolute atomic E-state index is 0.00765. The van der Waals surface area contributed by atoms with Crippen molar-refractivity contribution in [3.63, 3.8) is 0 Å². The van der Waals surface area contributed by atoms with E-state index >= 15 is 0 Å². The second kappa shape index (κ2) is 22.6. The molecule has 0 spiro atoms. The Kier molecular flexibility index (Phi) is 21.4. The van der Waals surface area contributed by atoms with E-state index in [0.29, 0.717) is 11.5 Å². The summed E-state index contributed by atoms with van der Waals surface area (Å²) in [5.74, 6) is -1.29. The third-order valence-electron chi connectivity index (χ3n) is 6.96. The number of amides is 2. The molecule has 0 heterocycles. The summed E-state index contributed by atoms with van der Waals surface area (Å²) in [6.45, 7) is 5.83. The van der Waals surface area contributed by atoms with Gasteiger partial charge in [0.25, 0.3) is 0 Å². The monoisotopic (exact) mass is 574 g/mol. The summed E-state index contributed by atoms with van der Waals surface area (Å²) in [6, 6.07) is -1.55. The lowest BCUT2D eigenvalue weighted by Gasteiger charge is -2.32. The van der Waals surface area contributed by atoms with E-state index in [4.69, 9.17) is 14.3 Å². The molecule has 2 N–H and O–H groups in total. The van der Waals surface area contributed by atoms with Crippen LogP contribution in [0, 0.1) is 0 Å². The molecule has 10 nitrogen and oxygen atoms in total. The number of carboxylic acids is 1. The molecule has 3 atom stereocenters. The van der Waals surface area contributed by atoms with Crippen LogP contribution in [0.25, 0.3) is 0 Å². The molecule has 3 unspecified atom stereocenters. The van der Waals surface area contributed by atoms with Crippen LogP contribution in [0.5, 0.6) is 0 Å². The number of carbonyl (C=O) groups excluding carboxylic acids is 2. The van der Waals surface area contributed by atoms with Crippen LogP contribution in [0.1, 0.15) is 117 Å². The van der Waals surface area contributed by atoms with Gasteiger partial charge in [0.1, 0.15) is 13.2 Å². The zero-order valence-corrected chi connectivity index (χ0v) is 26.5. The minimum Gasteiger partial charge on any atom is -0.479 e. The first-order chi connectivity index (χ1) is 18.9. The molecule has 0 fully saturated rings. The van der Waals surface area contributed by atoms with Gasteiger partial charge in [-0.1, -0.05) is 97.3 Å². The maximum atomic E-state index is 12.8. The largest absolute Gasteiger partial charge is 0.479 e. The fraction of sp³-hybridized carbons (Fsp3) is 0.900. The molecule has 0 saturated heterocycles. The highest BCUT2D eigenvalue weighted by molar-refractivity contribution is 5.81. The molecule has 0 aromatic rings. The lowest BCUT2D eigenvalue weighted by Crippen LogP contribution is -2.56. The number of methoxy groups -OCH3 is 1. The van der Waals surface area contributed by atoms with Crippen molar-refractivity contribution in [2.24, 2.45) is 0 Å². The van der Waals surface area contributed by atoms with Crippen LogP contribution in [0.4, 0.5) is 9.59 Å². The Balaban J connectivity index is 4.64. The zero-order chi connectivity index (χ0) is 30.4. The van der Waals surface area contributed by atoms with Gasteiger partial charge >= 0.3 is 18.2 Å². The first-order valence-corrected chi connectivity index (χ1v) is 15.5. The summed E-state index contributed by atoms with van der Waals surface area (Å²) in [5.41, 5.74) is 0. The second-order valence-corrected chi connectivity index (χ2v) is 11.9. The van der Waals surface area contributed by atoms with Gasteiger partial charge < -0.3 is 29.2 Å². The number of carboxylic acid groups (broad SMARTS) is 1. The number of unbranched alkanes of at least 4 members (excludes halogenated alkanes) is 12. The number of quaternary nitrogens is 1. The molecule has 2 amide bonds. The van der Waals surface area contributed by atoms with Crippen LogP contribution in [0.3, 0.4) is 0 Å². The van der Waals surface area contributed by atoms with Crippen molar-refractivity contribution >= 4 is 18.2 Å². The molecule has 10 heteroatoms. The quantitative estimate of drug-likeness (QED) is 0.0811. The third kappa shape index (κ3) is 19.9. The fourth-order valence-corrected chi connectivity index (χ4v) is 4.39. The SMILES string of the molecule is CCCCCCCCCCCCCCCC(CC)NC(=O)ON(C(=O)OCC(C)OC)C(C[N+](C)(C)C)C(=O)O. The predicted octanol–water partition coefficient (Wildman–Crippen LogP) is 6.52. The van der Waals surface area contributed by atoms with E-state index in [-0.39, 0.29) is 23.7 Å². The summed E-state index contributed by atoms with van der Waals surface area (Å²) in [6.07, 6.45) is 15.7. The van der Waals surface area contributed by atoms with Crippen LogP contribution in [-0.2, 0) is 19.1 Å². The Labute approximate surface area is 243 Å². The molecule has 0 aromatic heterocycles. The van der Waals surface area contributed by atoms with Crippen molar-refractivity contribution in [3.05, 3.63) is 0 Å². The van der Waals surface area contributed by atoms with Crippen LogP contribution < -0.4 is 5.32 Å². The Morgan fingerprint density at radius 1 is 0.850 bits per heavy atom. The van der Waals surface area contributed by atoms with Gasteiger partial charge in [-0.15, -0.1) is 5.06 Å². The van der Waals surface area contributed by atoms with Gasteiger partial charge in [0.15, 0.2) is 0 Å². The van der Waals surface area contributed by atoms with Crippen LogP contribution >= 0.6 is 0 Å². The lowest BCUT2D eigenvalue weighted by atomic mass is 10.0. The van der Waals surface area contributed by atoms with Crippen LogP contribution in [0.15, 0.2) is 0 Å². The van der Waals surface area contributed by atoms with Gasteiger partial charge in [0.2, 0.25) is 6.04 Å². The third-order valence-corrected chi connectivity index (χ3v) is 6.96. The number of likely N-dealkylation sites (N-methyl/N-ethyl adjacent to an activating group) is 1. The highest BCUT2D eigenvalue weighted by Crippen LogP contribution is 2.15. The summed E-state index contributed by atoms with van der Waals surface area (Å²) in [5, 5.41) is 13.1. The molecule has 0 rings (SSSR count). The fourth-order valence-electron chi connectivity index (χ4n) is 4.39. The van der Waals surface area contributed by atoms with E-state index in [9.17, 15) is 19.5 Å². The number of hydrogen-bond acceptors (Lipinski definition) is 6. The molecular weight excluding hydrogens is 514 g/mol. The highest BCUT2D eigenvalue weighted by Gasteiger charge is 2.39. The molecule has 0 radical (unpaired) electrons. The number of nitrogens with zero attached hydrogens (tertiary/aromatic N) is 2. The summed E-state index contributed by atoms with van der Waals surface area (Å²) < 4.78 is 10.5. The normalized spacial score (nSPS) is 13.8. The Morgan fingerprint density at radius 2 is 1.35 bits per heavy atom. The number of ether oxygens (including phenoxy) is 2. The molecular formula is C30H60N3O7+. The molecule has 0 bridgehead atoms. The van der Waals surface area contributed by atoms with Gasteiger partial charge in [-0.2, -0.15) is 0 Å². The van der Waals surface area contributed by atoms with Crippen molar-refractivity contribution in [2.45, 2.75) is 135 Å². The Bertz CT molecular complexity index is 685. The highest BCUT2D eigenvalue weighted by atomic mass is 16.8. The van der Waals surface area contributed by atoms with Gasteiger partial charge in [-0.25, -0.2) is 14.4 Å². The molecule has 0 aliphatic rings. The van der Waals surface area contributed by atoms with Crippen LogP contribution in [-0.4, -0.2) is 92.4 Å². The zero-order valence-electron chi connectivity index (χ0n) is 26.5. The standard InChI is InChI=1S/C30H59N3O7/c1-8-10-11-12-13-14-15-16-17-18-19-20-21-22-26(9-2)31-29(36)40-32(30(37)39-24-25(3)38-7)27(28(34)35)23-33(4,5)6/h25-27H,8-24H2,1-7H3,(H-,31,34,35,36)/p+1. The van der Waals surface area contributed by atoms with E-state index in [2.05, 4.69) is 12.2 Å². The minimum atomic E-state index is -1.42. The number of carbonyl (C=O) groups is 3. The van der Waals surface area contributed by atoms with Crippen LogP contribution in [0.2, 0.25) is 0 Å². The van der Waals surface area contributed by atoms with Crippen molar-refractivity contribution in [3.8, 4) is 0 Å². The van der Waals surface area contributed by atoms with Crippen molar-refractivity contribution in [1.29, 1.82) is 0 Å². The maximum absolute atomic E-state index is 12.8. The molecule has 236 valence electrons. The number of rotatable bonds is 23. The number of hydrogen-bond donors (Lipinski definition) is 2. The molecule has 0 aliphatic heterocycles. The van der Waals surface area contributed by atoms with Crippen molar-refractivity contribution in [2.75, 3.05) is 41.4 Å².